The number of alkyl halides is 3. The lowest BCUT2D eigenvalue weighted by Gasteiger charge is -2.07. The lowest BCUT2D eigenvalue weighted by atomic mass is 10.2. The van der Waals surface area contributed by atoms with E-state index in [0.29, 0.717) is 5.56 Å². The molecule has 0 saturated heterocycles. The average Bonchev–Trinajstić information content (AvgIpc) is 2.52. The van der Waals surface area contributed by atoms with Crippen molar-refractivity contribution in [2.45, 2.75) is 12.7 Å². The maximum absolute atomic E-state index is 12.4. The van der Waals surface area contributed by atoms with Crippen LogP contribution in [0.3, 0.4) is 0 Å². The van der Waals surface area contributed by atoms with E-state index in [2.05, 4.69) is 25.0 Å². The van der Waals surface area contributed by atoms with Crippen molar-refractivity contribution in [1.82, 2.24) is 15.0 Å². The number of ether oxygens (including phenoxy) is 1. The second kappa shape index (κ2) is 6.37. The highest BCUT2D eigenvalue weighted by atomic mass is 19.4. The molecule has 0 amide bonds. The van der Waals surface area contributed by atoms with Crippen LogP contribution in [0.15, 0.2) is 30.7 Å². The van der Waals surface area contributed by atoms with Crippen LogP contribution in [0.5, 0.6) is 0 Å². The van der Waals surface area contributed by atoms with E-state index in [-0.39, 0.29) is 18.1 Å². The minimum atomic E-state index is -4.46. The predicted molar refractivity (Wildman–Crippen MR) is 69.9 cm³/mol. The standard InChI is InChI=1S/C13H11F3N4O2/c1-22-11(21)9-6-19-12(20-7-9)18-5-8-2-3-10(17-4-8)13(14,15)16/h2-4,6-7H,5H2,1H3,(H,18,19,20). The van der Waals surface area contributed by atoms with Gasteiger partial charge in [-0.15, -0.1) is 0 Å². The van der Waals surface area contributed by atoms with Gasteiger partial charge in [-0.05, 0) is 11.6 Å². The molecule has 0 aliphatic heterocycles. The topological polar surface area (TPSA) is 77.0 Å². The van der Waals surface area contributed by atoms with Crippen molar-refractivity contribution >= 4 is 11.9 Å². The van der Waals surface area contributed by atoms with Crippen LogP contribution in [0, 0.1) is 0 Å². The van der Waals surface area contributed by atoms with Gasteiger partial charge >= 0.3 is 12.1 Å². The van der Waals surface area contributed by atoms with Gasteiger partial charge in [-0.3, -0.25) is 4.98 Å². The van der Waals surface area contributed by atoms with E-state index in [0.717, 1.165) is 12.3 Å². The first kappa shape index (κ1) is 15.7. The first-order valence-electron chi connectivity index (χ1n) is 6.06. The van der Waals surface area contributed by atoms with Crippen molar-refractivity contribution in [1.29, 1.82) is 0 Å². The molecule has 0 saturated carbocycles. The Kier molecular flexibility index (Phi) is 4.54. The summed E-state index contributed by atoms with van der Waals surface area (Å²) in [5.74, 6) is -0.328. The zero-order valence-corrected chi connectivity index (χ0v) is 11.4. The molecule has 0 unspecified atom stereocenters. The molecule has 2 aromatic heterocycles. The summed E-state index contributed by atoms with van der Waals surface area (Å²) in [6, 6.07) is 2.21. The Bertz CT molecular complexity index is 642. The van der Waals surface area contributed by atoms with Crippen LogP contribution in [-0.4, -0.2) is 28.0 Å². The maximum Gasteiger partial charge on any atom is 0.433 e. The average molecular weight is 312 g/mol. The van der Waals surface area contributed by atoms with Gasteiger partial charge in [-0.25, -0.2) is 14.8 Å². The molecule has 0 aliphatic rings. The molecule has 0 radical (unpaired) electrons. The van der Waals surface area contributed by atoms with Gasteiger partial charge in [0.05, 0.1) is 12.7 Å². The Morgan fingerprint density at radius 3 is 2.36 bits per heavy atom. The van der Waals surface area contributed by atoms with Crippen LogP contribution in [0.2, 0.25) is 0 Å². The number of carbonyl (C=O) groups excluding carboxylic acids is 1. The third kappa shape index (κ3) is 3.90. The van der Waals surface area contributed by atoms with E-state index < -0.39 is 17.8 Å². The molecule has 116 valence electrons. The molecule has 1 N–H and O–H groups in total. The molecule has 2 rings (SSSR count). The summed E-state index contributed by atoms with van der Waals surface area (Å²) in [5, 5.41) is 2.81. The molecule has 0 fully saturated rings. The van der Waals surface area contributed by atoms with Crippen LogP contribution in [-0.2, 0) is 17.5 Å². The normalized spacial score (nSPS) is 11.1. The van der Waals surface area contributed by atoms with Crippen LogP contribution in [0.25, 0.3) is 0 Å². The van der Waals surface area contributed by atoms with E-state index in [9.17, 15) is 18.0 Å². The molecule has 0 aliphatic carbocycles. The first-order valence-corrected chi connectivity index (χ1v) is 6.06. The lowest BCUT2D eigenvalue weighted by Crippen LogP contribution is -2.09. The first-order chi connectivity index (χ1) is 10.4. The van der Waals surface area contributed by atoms with E-state index in [1.165, 1.54) is 25.6 Å². The number of nitrogens with one attached hydrogen (secondary N) is 1. The van der Waals surface area contributed by atoms with Gasteiger partial charge in [0.1, 0.15) is 5.69 Å². The second-order valence-corrected chi connectivity index (χ2v) is 4.19. The Hall–Kier alpha value is -2.71. The SMILES string of the molecule is COC(=O)c1cnc(NCc2ccc(C(F)(F)F)nc2)nc1. The van der Waals surface area contributed by atoms with Crippen molar-refractivity contribution in [3.63, 3.8) is 0 Å². The molecule has 0 bridgehead atoms. The fourth-order valence-corrected chi connectivity index (χ4v) is 1.52. The summed E-state index contributed by atoms with van der Waals surface area (Å²) in [6.45, 7) is 0.197. The highest BCUT2D eigenvalue weighted by Gasteiger charge is 2.31. The lowest BCUT2D eigenvalue weighted by molar-refractivity contribution is -0.141. The van der Waals surface area contributed by atoms with Crippen LogP contribution < -0.4 is 5.32 Å². The maximum atomic E-state index is 12.4. The highest BCUT2D eigenvalue weighted by molar-refractivity contribution is 5.88. The second-order valence-electron chi connectivity index (χ2n) is 4.19. The van der Waals surface area contributed by atoms with Gasteiger partial charge < -0.3 is 10.1 Å². The van der Waals surface area contributed by atoms with E-state index >= 15 is 0 Å². The van der Waals surface area contributed by atoms with Crippen molar-refractivity contribution in [3.05, 3.63) is 47.5 Å². The fraction of sp³-hybridized carbons (Fsp3) is 0.231. The van der Waals surface area contributed by atoms with Crippen LogP contribution in [0.1, 0.15) is 21.6 Å². The highest BCUT2D eigenvalue weighted by Crippen LogP contribution is 2.27. The third-order valence-electron chi connectivity index (χ3n) is 2.64. The molecule has 0 spiro atoms. The smallest absolute Gasteiger partial charge is 0.433 e. The summed E-state index contributed by atoms with van der Waals surface area (Å²) in [7, 11) is 1.24. The number of carbonyl (C=O) groups is 1. The summed E-state index contributed by atoms with van der Waals surface area (Å²) in [5.41, 5.74) is -0.215. The molecule has 9 heteroatoms. The van der Waals surface area contributed by atoms with Gasteiger partial charge in [0, 0.05) is 25.1 Å². The predicted octanol–water partition coefficient (Wildman–Crippen LogP) is 2.29. The Morgan fingerprint density at radius 1 is 1.18 bits per heavy atom. The third-order valence-corrected chi connectivity index (χ3v) is 2.64. The largest absolute Gasteiger partial charge is 0.465 e. The molecule has 2 aromatic rings. The van der Waals surface area contributed by atoms with E-state index in [1.54, 1.807) is 0 Å². The summed E-state index contributed by atoms with van der Waals surface area (Å²) < 4.78 is 41.6. The molecular formula is C13H11F3N4O2. The molecule has 6 nitrogen and oxygen atoms in total. The Balaban J connectivity index is 1.97. The fourth-order valence-electron chi connectivity index (χ4n) is 1.52. The van der Waals surface area contributed by atoms with Crippen molar-refractivity contribution < 1.29 is 22.7 Å². The number of nitrogens with zero attached hydrogens (tertiary/aromatic N) is 3. The number of rotatable bonds is 4. The van der Waals surface area contributed by atoms with Crippen LogP contribution >= 0.6 is 0 Å². The van der Waals surface area contributed by atoms with Crippen molar-refractivity contribution in [2.24, 2.45) is 0 Å². The quantitative estimate of drug-likeness (QED) is 0.873. The number of anilines is 1. The van der Waals surface area contributed by atoms with Gasteiger partial charge in [-0.1, -0.05) is 6.07 Å². The van der Waals surface area contributed by atoms with Crippen LogP contribution in [0.4, 0.5) is 19.1 Å². The summed E-state index contributed by atoms with van der Waals surface area (Å²) in [4.78, 5) is 22.3. The van der Waals surface area contributed by atoms with Gasteiger partial charge in [0.25, 0.3) is 0 Å². The minimum Gasteiger partial charge on any atom is -0.465 e. The number of pyridine rings is 1. The zero-order valence-electron chi connectivity index (χ0n) is 11.4. The minimum absolute atomic E-state index is 0.197. The zero-order chi connectivity index (χ0) is 16.2. The monoisotopic (exact) mass is 312 g/mol. The number of hydrogen-bond acceptors (Lipinski definition) is 6. The van der Waals surface area contributed by atoms with Crippen molar-refractivity contribution in [2.75, 3.05) is 12.4 Å². The van der Waals surface area contributed by atoms with Gasteiger partial charge in [-0.2, -0.15) is 13.2 Å². The number of aromatic nitrogens is 3. The molecule has 22 heavy (non-hydrogen) atoms. The van der Waals surface area contributed by atoms with E-state index in [1.807, 2.05) is 0 Å². The Labute approximate surface area is 123 Å². The van der Waals surface area contributed by atoms with Crippen molar-refractivity contribution in [3.8, 4) is 0 Å². The molecule has 0 atom stereocenters. The molecule has 2 heterocycles. The molecular weight excluding hydrogens is 301 g/mol. The summed E-state index contributed by atoms with van der Waals surface area (Å²) >= 11 is 0. The summed E-state index contributed by atoms with van der Waals surface area (Å²) in [6.07, 6.45) is -0.768. The molecule has 0 aromatic carbocycles. The van der Waals surface area contributed by atoms with E-state index in [4.69, 9.17) is 0 Å². The Morgan fingerprint density at radius 2 is 1.86 bits per heavy atom. The van der Waals surface area contributed by atoms with Gasteiger partial charge in [0.15, 0.2) is 0 Å². The number of esters is 1. The number of hydrogen-bond donors (Lipinski definition) is 1. The number of methoxy groups -OCH3 is 1. The number of halogens is 3. The van der Waals surface area contributed by atoms with Gasteiger partial charge in [0.2, 0.25) is 5.95 Å².